The Hall–Kier alpha value is -2.38. The normalized spacial score (nSPS) is 12.3. The highest BCUT2D eigenvalue weighted by Crippen LogP contribution is 2.29. The molecule has 0 radical (unpaired) electrons. The Kier molecular flexibility index (Phi) is 6.76. The van der Waals surface area contributed by atoms with Crippen molar-refractivity contribution in [2.24, 2.45) is 0 Å². The van der Waals surface area contributed by atoms with Crippen molar-refractivity contribution in [1.82, 2.24) is 10.6 Å². The standard InChI is InChI=1S/C18H18F2N2O3.ClH/c1-24-16-7-12(4-5-15(16)25-18(19)20)17(23)22-8-11-2-3-13-9-21-10-14(13)6-11;/h2-7,18,21H,8-10H2,1H3,(H,22,23);1H. The molecule has 1 aliphatic rings. The number of hydrogen-bond donors (Lipinski definition) is 2. The number of alkyl halides is 2. The first-order valence-corrected chi connectivity index (χ1v) is 7.79. The molecule has 0 bridgehead atoms. The van der Waals surface area contributed by atoms with E-state index < -0.39 is 6.61 Å². The van der Waals surface area contributed by atoms with Gasteiger partial charge in [-0.3, -0.25) is 4.79 Å². The summed E-state index contributed by atoms with van der Waals surface area (Å²) in [5.41, 5.74) is 3.82. The van der Waals surface area contributed by atoms with Crippen LogP contribution in [0.3, 0.4) is 0 Å². The topological polar surface area (TPSA) is 59.6 Å². The number of amides is 1. The number of fused-ring (bicyclic) bond motifs is 1. The monoisotopic (exact) mass is 384 g/mol. The molecule has 2 N–H and O–H groups in total. The Labute approximate surface area is 156 Å². The van der Waals surface area contributed by atoms with E-state index >= 15 is 0 Å². The van der Waals surface area contributed by atoms with Crippen LogP contribution in [-0.4, -0.2) is 19.6 Å². The molecule has 8 heteroatoms. The molecule has 0 unspecified atom stereocenters. The molecule has 1 aliphatic heterocycles. The Bertz CT molecular complexity index is 787. The number of ether oxygens (including phenoxy) is 2. The van der Waals surface area contributed by atoms with Crippen LogP contribution in [0.25, 0.3) is 0 Å². The van der Waals surface area contributed by atoms with Crippen molar-refractivity contribution in [3.63, 3.8) is 0 Å². The molecule has 5 nitrogen and oxygen atoms in total. The largest absolute Gasteiger partial charge is 0.493 e. The first kappa shape index (κ1) is 19.9. The maximum Gasteiger partial charge on any atom is 0.387 e. The zero-order chi connectivity index (χ0) is 17.8. The molecule has 3 rings (SSSR count). The second-order valence-corrected chi connectivity index (χ2v) is 5.63. The lowest BCUT2D eigenvalue weighted by molar-refractivity contribution is -0.0512. The summed E-state index contributed by atoms with van der Waals surface area (Å²) in [4.78, 5) is 12.3. The van der Waals surface area contributed by atoms with Gasteiger partial charge in [-0.1, -0.05) is 18.2 Å². The van der Waals surface area contributed by atoms with Gasteiger partial charge in [-0.25, -0.2) is 0 Å². The fourth-order valence-corrected chi connectivity index (χ4v) is 2.74. The molecule has 140 valence electrons. The van der Waals surface area contributed by atoms with Crippen LogP contribution in [-0.2, 0) is 19.6 Å². The van der Waals surface area contributed by atoms with Crippen molar-refractivity contribution in [2.75, 3.05) is 7.11 Å². The summed E-state index contributed by atoms with van der Waals surface area (Å²) in [5, 5.41) is 6.08. The third-order valence-electron chi connectivity index (χ3n) is 4.00. The molecule has 0 aliphatic carbocycles. The molecule has 1 heterocycles. The predicted molar refractivity (Wildman–Crippen MR) is 95.0 cm³/mol. The van der Waals surface area contributed by atoms with Crippen molar-refractivity contribution >= 4 is 18.3 Å². The highest BCUT2D eigenvalue weighted by atomic mass is 35.5. The van der Waals surface area contributed by atoms with Crippen molar-refractivity contribution < 1.29 is 23.0 Å². The Balaban J connectivity index is 0.00000243. The van der Waals surface area contributed by atoms with Crippen LogP contribution in [0.4, 0.5) is 8.78 Å². The number of methoxy groups -OCH3 is 1. The Morgan fingerprint density at radius 1 is 1.15 bits per heavy atom. The summed E-state index contributed by atoms with van der Waals surface area (Å²) in [6.45, 7) is -0.874. The van der Waals surface area contributed by atoms with E-state index in [9.17, 15) is 13.6 Å². The van der Waals surface area contributed by atoms with Crippen LogP contribution in [0.15, 0.2) is 36.4 Å². The molecule has 2 aromatic carbocycles. The van der Waals surface area contributed by atoms with Gasteiger partial charge in [0.2, 0.25) is 0 Å². The number of hydrogen-bond acceptors (Lipinski definition) is 4. The van der Waals surface area contributed by atoms with E-state index in [0.717, 1.165) is 18.7 Å². The van der Waals surface area contributed by atoms with Gasteiger partial charge in [0, 0.05) is 25.2 Å². The maximum atomic E-state index is 12.3. The zero-order valence-corrected chi connectivity index (χ0v) is 14.9. The highest BCUT2D eigenvalue weighted by Gasteiger charge is 2.15. The Morgan fingerprint density at radius 2 is 1.92 bits per heavy atom. The molecule has 0 atom stereocenters. The van der Waals surface area contributed by atoms with Gasteiger partial charge in [-0.2, -0.15) is 8.78 Å². The molecule has 0 spiro atoms. The van der Waals surface area contributed by atoms with Crippen LogP contribution in [0, 0.1) is 0 Å². The lowest BCUT2D eigenvalue weighted by Crippen LogP contribution is -2.23. The van der Waals surface area contributed by atoms with Gasteiger partial charge in [0.1, 0.15) is 0 Å². The smallest absolute Gasteiger partial charge is 0.387 e. The summed E-state index contributed by atoms with van der Waals surface area (Å²) < 4.78 is 34.0. The quantitative estimate of drug-likeness (QED) is 0.802. The van der Waals surface area contributed by atoms with Crippen molar-refractivity contribution in [1.29, 1.82) is 0 Å². The number of carbonyl (C=O) groups excluding carboxylic acids is 1. The van der Waals surface area contributed by atoms with Gasteiger partial charge >= 0.3 is 6.61 Å². The van der Waals surface area contributed by atoms with E-state index in [-0.39, 0.29) is 29.8 Å². The van der Waals surface area contributed by atoms with Gasteiger partial charge in [0.25, 0.3) is 5.91 Å². The first-order chi connectivity index (χ1) is 12.1. The van der Waals surface area contributed by atoms with E-state index in [1.54, 1.807) is 0 Å². The molecule has 2 aromatic rings. The molecule has 0 saturated carbocycles. The molecular weight excluding hydrogens is 366 g/mol. The maximum absolute atomic E-state index is 12.3. The fraction of sp³-hybridized carbons (Fsp3) is 0.278. The van der Waals surface area contributed by atoms with Crippen LogP contribution >= 0.6 is 12.4 Å². The van der Waals surface area contributed by atoms with E-state index in [0.29, 0.717) is 12.1 Å². The summed E-state index contributed by atoms with van der Waals surface area (Å²) in [5.74, 6) is -0.350. The van der Waals surface area contributed by atoms with Crippen molar-refractivity contribution in [3.05, 3.63) is 58.7 Å². The van der Waals surface area contributed by atoms with Crippen LogP contribution < -0.4 is 20.1 Å². The van der Waals surface area contributed by atoms with Gasteiger partial charge in [0.15, 0.2) is 11.5 Å². The lowest BCUT2D eigenvalue weighted by Gasteiger charge is -2.12. The number of rotatable bonds is 6. The van der Waals surface area contributed by atoms with E-state index in [1.165, 1.54) is 36.4 Å². The van der Waals surface area contributed by atoms with E-state index in [1.807, 2.05) is 6.07 Å². The van der Waals surface area contributed by atoms with Gasteiger partial charge in [-0.05, 0) is 34.9 Å². The van der Waals surface area contributed by atoms with E-state index in [4.69, 9.17) is 4.74 Å². The van der Waals surface area contributed by atoms with Crippen molar-refractivity contribution in [2.45, 2.75) is 26.2 Å². The third-order valence-corrected chi connectivity index (χ3v) is 4.00. The predicted octanol–water partition coefficient (Wildman–Crippen LogP) is 3.25. The van der Waals surface area contributed by atoms with Gasteiger partial charge in [-0.15, -0.1) is 12.4 Å². The minimum atomic E-state index is -2.96. The summed E-state index contributed by atoms with van der Waals surface area (Å²) in [7, 11) is 1.33. The van der Waals surface area contributed by atoms with Crippen LogP contribution in [0.5, 0.6) is 11.5 Å². The highest BCUT2D eigenvalue weighted by molar-refractivity contribution is 5.94. The molecule has 26 heavy (non-hydrogen) atoms. The molecular formula is C18H19ClF2N2O3. The summed E-state index contributed by atoms with van der Waals surface area (Å²) >= 11 is 0. The number of nitrogens with one attached hydrogen (secondary N) is 2. The third kappa shape index (κ3) is 4.62. The SMILES string of the molecule is COc1cc(C(=O)NCc2ccc3c(c2)CNC3)ccc1OC(F)F.Cl. The van der Waals surface area contributed by atoms with E-state index in [2.05, 4.69) is 27.5 Å². The molecule has 0 fully saturated rings. The number of halogens is 3. The second-order valence-electron chi connectivity index (χ2n) is 5.63. The first-order valence-electron chi connectivity index (χ1n) is 7.79. The zero-order valence-electron chi connectivity index (χ0n) is 14.1. The second kappa shape index (κ2) is 8.82. The van der Waals surface area contributed by atoms with Gasteiger partial charge < -0.3 is 20.1 Å². The number of carbonyl (C=O) groups is 1. The minimum absolute atomic E-state index is 0. The minimum Gasteiger partial charge on any atom is -0.493 e. The van der Waals surface area contributed by atoms with Crippen LogP contribution in [0.1, 0.15) is 27.0 Å². The van der Waals surface area contributed by atoms with Crippen LogP contribution in [0.2, 0.25) is 0 Å². The van der Waals surface area contributed by atoms with Crippen molar-refractivity contribution in [3.8, 4) is 11.5 Å². The summed E-state index contributed by atoms with van der Waals surface area (Å²) in [6, 6.07) is 10.2. The average molecular weight is 385 g/mol. The molecule has 0 aromatic heterocycles. The fourth-order valence-electron chi connectivity index (χ4n) is 2.74. The lowest BCUT2D eigenvalue weighted by atomic mass is 10.1. The molecule has 0 saturated heterocycles. The average Bonchev–Trinajstić information content (AvgIpc) is 3.07. The Morgan fingerprint density at radius 3 is 2.65 bits per heavy atom. The summed E-state index contributed by atoms with van der Waals surface area (Å²) in [6.07, 6.45) is 0. The molecule has 1 amide bonds. The van der Waals surface area contributed by atoms with Gasteiger partial charge in [0.05, 0.1) is 7.11 Å². The number of benzene rings is 2.